The first-order valence-corrected chi connectivity index (χ1v) is 7.39. The highest BCUT2D eigenvalue weighted by atomic mass is 35.5. The van der Waals surface area contributed by atoms with Gasteiger partial charge in [-0.15, -0.1) is 0 Å². The third-order valence-electron chi connectivity index (χ3n) is 3.49. The average molecular weight is 310 g/mol. The molecule has 2 rings (SSSR count). The van der Waals surface area contributed by atoms with Crippen LogP contribution < -0.4 is 11.1 Å². The maximum Gasteiger partial charge on any atom is 0.257 e. The summed E-state index contributed by atoms with van der Waals surface area (Å²) in [5.74, 6) is -0.254. The highest BCUT2D eigenvalue weighted by molar-refractivity contribution is 6.30. The van der Waals surface area contributed by atoms with E-state index in [4.69, 9.17) is 17.3 Å². The van der Waals surface area contributed by atoms with Crippen molar-refractivity contribution in [2.45, 2.75) is 19.4 Å². The molecule has 0 aromatic heterocycles. The summed E-state index contributed by atoms with van der Waals surface area (Å²) in [6, 6.07) is 6.50. The predicted octanol–water partition coefficient (Wildman–Crippen LogP) is 1.27. The molecule has 2 atom stereocenters. The summed E-state index contributed by atoms with van der Waals surface area (Å²) >= 11 is 5.76. The Labute approximate surface area is 129 Å². The second-order valence-electron chi connectivity index (χ2n) is 5.68. The lowest BCUT2D eigenvalue weighted by Gasteiger charge is -2.34. The standard InChI is InChI=1S/C15H20ClN3O2/c1-10-6-13(17)8-19(7-10)9-14(20)18-15(21)11-2-4-12(16)5-3-11/h2-5,10,13H,6-9,17H2,1H3,(H,18,20,21). The first kappa shape index (κ1) is 15.9. The van der Waals surface area contributed by atoms with E-state index in [0.717, 1.165) is 13.0 Å². The van der Waals surface area contributed by atoms with Gasteiger partial charge >= 0.3 is 0 Å². The molecule has 21 heavy (non-hydrogen) atoms. The monoisotopic (exact) mass is 309 g/mol. The van der Waals surface area contributed by atoms with E-state index in [1.165, 1.54) is 0 Å². The molecule has 0 saturated carbocycles. The number of rotatable bonds is 3. The van der Waals surface area contributed by atoms with Crippen molar-refractivity contribution in [1.29, 1.82) is 0 Å². The number of imide groups is 1. The summed E-state index contributed by atoms with van der Waals surface area (Å²) < 4.78 is 0. The number of benzene rings is 1. The topological polar surface area (TPSA) is 75.4 Å². The molecule has 1 aromatic carbocycles. The van der Waals surface area contributed by atoms with Gasteiger partial charge in [0.1, 0.15) is 0 Å². The summed E-state index contributed by atoms with van der Waals surface area (Å²) in [5.41, 5.74) is 6.36. The smallest absolute Gasteiger partial charge is 0.257 e. The van der Waals surface area contributed by atoms with Crippen molar-refractivity contribution in [2.75, 3.05) is 19.6 Å². The molecule has 1 aromatic rings. The van der Waals surface area contributed by atoms with E-state index < -0.39 is 5.91 Å². The van der Waals surface area contributed by atoms with Crippen LogP contribution in [0.4, 0.5) is 0 Å². The molecule has 1 saturated heterocycles. The number of nitrogens with zero attached hydrogens (tertiary/aromatic N) is 1. The Kier molecular flexibility index (Phi) is 5.33. The van der Waals surface area contributed by atoms with Crippen molar-refractivity contribution < 1.29 is 9.59 Å². The molecule has 0 radical (unpaired) electrons. The SMILES string of the molecule is CC1CC(N)CN(CC(=O)NC(=O)c2ccc(Cl)cc2)C1. The summed E-state index contributed by atoms with van der Waals surface area (Å²) in [6.45, 7) is 3.82. The number of amides is 2. The van der Waals surface area contributed by atoms with E-state index in [2.05, 4.69) is 12.2 Å². The van der Waals surface area contributed by atoms with E-state index >= 15 is 0 Å². The number of piperidine rings is 1. The van der Waals surface area contributed by atoms with Gasteiger partial charge in [-0.05, 0) is 36.6 Å². The number of hydrogen-bond donors (Lipinski definition) is 2. The molecule has 5 nitrogen and oxygen atoms in total. The lowest BCUT2D eigenvalue weighted by molar-refractivity contribution is -0.121. The van der Waals surface area contributed by atoms with Crippen LogP contribution >= 0.6 is 11.6 Å². The van der Waals surface area contributed by atoms with Crippen molar-refractivity contribution in [2.24, 2.45) is 11.7 Å². The van der Waals surface area contributed by atoms with Gasteiger partial charge in [-0.2, -0.15) is 0 Å². The lowest BCUT2D eigenvalue weighted by atomic mass is 9.97. The minimum absolute atomic E-state index is 0.0912. The summed E-state index contributed by atoms with van der Waals surface area (Å²) in [4.78, 5) is 25.8. The summed E-state index contributed by atoms with van der Waals surface area (Å²) in [7, 11) is 0. The predicted molar refractivity (Wildman–Crippen MR) is 82.1 cm³/mol. The zero-order chi connectivity index (χ0) is 15.4. The highest BCUT2D eigenvalue weighted by Gasteiger charge is 2.24. The Morgan fingerprint density at radius 1 is 1.33 bits per heavy atom. The maximum absolute atomic E-state index is 11.9. The molecule has 6 heteroatoms. The van der Waals surface area contributed by atoms with Gasteiger partial charge < -0.3 is 5.73 Å². The number of hydrogen-bond acceptors (Lipinski definition) is 4. The van der Waals surface area contributed by atoms with Gasteiger partial charge in [0.05, 0.1) is 6.54 Å². The number of nitrogens with one attached hydrogen (secondary N) is 1. The second kappa shape index (κ2) is 7.02. The molecule has 0 bridgehead atoms. The van der Waals surface area contributed by atoms with Gasteiger partial charge in [0, 0.05) is 29.7 Å². The Hall–Kier alpha value is -1.43. The van der Waals surface area contributed by atoms with Crippen LogP contribution in [0.5, 0.6) is 0 Å². The van der Waals surface area contributed by atoms with Crippen LogP contribution in [-0.4, -0.2) is 42.4 Å². The third-order valence-corrected chi connectivity index (χ3v) is 3.75. The van der Waals surface area contributed by atoms with Crippen molar-refractivity contribution in [3.63, 3.8) is 0 Å². The maximum atomic E-state index is 11.9. The van der Waals surface area contributed by atoms with E-state index in [-0.39, 0.29) is 18.5 Å². The van der Waals surface area contributed by atoms with Gasteiger partial charge in [-0.25, -0.2) is 0 Å². The molecule has 1 aliphatic rings. The third kappa shape index (κ3) is 4.81. The van der Waals surface area contributed by atoms with Crippen molar-refractivity contribution >= 4 is 23.4 Å². The van der Waals surface area contributed by atoms with Gasteiger partial charge in [0.2, 0.25) is 5.91 Å². The largest absolute Gasteiger partial charge is 0.327 e. The molecular formula is C15H20ClN3O2. The van der Waals surface area contributed by atoms with Crippen molar-refractivity contribution in [3.8, 4) is 0 Å². The van der Waals surface area contributed by atoms with Gasteiger partial charge in [-0.1, -0.05) is 18.5 Å². The second-order valence-corrected chi connectivity index (χ2v) is 6.12. The van der Waals surface area contributed by atoms with E-state index in [9.17, 15) is 9.59 Å². The number of carbonyl (C=O) groups is 2. The Bertz CT molecular complexity index is 508. The lowest BCUT2D eigenvalue weighted by Crippen LogP contribution is -2.50. The normalized spacial score (nSPS) is 22.8. The van der Waals surface area contributed by atoms with Gasteiger partial charge in [-0.3, -0.25) is 19.8 Å². The molecule has 2 unspecified atom stereocenters. The van der Waals surface area contributed by atoms with Gasteiger partial charge in [0.25, 0.3) is 5.91 Å². The fourth-order valence-electron chi connectivity index (χ4n) is 2.68. The number of likely N-dealkylation sites (tertiary alicyclic amines) is 1. The van der Waals surface area contributed by atoms with Gasteiger partial charge in [0.15, 0.2) is 0 Å². The summed E-state index contributed by atoms with van der Waals surface area (Å²) in [6.07, 6.45) is 0.974. The Balaban J connectivity index is 1.86. The van der Waals surface area contributed by atoms with E-state index in [0.29, 0.717) is 23.0 Å². The molecule has 2 amide bonds. The molecule has 114 valence electrons. The van der Waals surface area contributed by atoms with Crippen LogP contribution in [0.2, 0.25) is 5.02 Å². The first-order valence-electron chi connectivity index (χ1n) is 7.01. The number of halogens is 1. The first-order chi connectivity index (χ1) is 9.94. The molecular weight excluding hydrogens is 290 g/mol. The average Bonchev–Trinajstić information content (AvgIpc) is 2.37. The van der Waals surface area contributed by atoms with Crippen molar-refractivity contribution in [3.05, 3.63) is 34.9 Å². The van der Waals surface area contributed by atoms with Crippen LogP contribution in [0.15, 0.2) is 24.3 Å². The Morgan fingerprint density at radius 3 is 2.62 bits per heavy atom. The minimum atomic E-state index is -0.411. The molecule has 3 N–H and O–H groups in total. The van der Waals surface area contributed by atoms with Crippen LogP contribution in [-0.2, 0) is 4.79 Å². The van der Waals surface area contributed by atoms with E-state index in [1.54, 1.807) is 24.3 Å². The zero-order valence-electron chi connectivity index (χ0n) is 12.0. The quantitative estimate of drug-likeness (QED) is 0.881. The Morgan fingerprint density at radius 2 is 2.00 bits per heavy atom. The van der Waals surface area contributed by atoms with Crippen molar-refractivity contribution in [1.82, 2.24) is 10.2 Å². The number of nitrogens with two attached hydrogens (primary N) is 1. The minimum Gasteiger partial charge on any atom is -0.327 e. The van der Waals surface area contributed by atoms with Crippen LogP contribution in [0.1, 0.15) is 23.7 Å². The summed E-state index contributed by atoms with van der Waals surface area (Å²) in [5, 5.41) is 2.94. The van der Waals surface area contributed by atoms with Crippen LogP contribution in [0.25, 0.3) is 0 Å². The zero-order valence-corrected chi connectivity index (χ0v) is 12.8. The fourth-order valence-corrected chi connectivity index (χ4v) is 2.81. The molecule has 0 spiro atoms. The van der Waals surface area contributed by atoms with Crippen LogP contribution in [0, 0.1) is 5.92 Å². The number of carbonyl (C=O) groups excluding carboxylic acids is 2. The molecule has 1 fully saturated rings. The molecule has 1 aliphatic heterocycles. The molecule has 0 aliphatic carbocycles. The molecule has 1 heterocycles. The highest BCUT2D eigenvalue weighted by Crippen LogP contribution is 2.14. The van der Waals surface area contributed by atoms with E-state index in [1.807, 2.05) is 4.90 Å². The van der Waals surface area contributed by atoms with Crippen LogP contribution in [0.3, 0.4) is 0 Å². The fraction of sp³-hybridized carbons (Fsp3) is 0.467.